The molecule has 1 heterocycles. The third kappa shape index (κ3) is 4.19. The molecule has 1 amide bonds. The van der Waals surface area contributed by atoms with Gasteiger partial charge in [0.05, 0.1) is 11.7 Å². The summed E-state index contributed by atoms with van der Waals surface area (Å²) in [6, 6.07) is 3.66. The van der Waals surface area contributed by atoms with Gasteiger partial charge < -0.3 is 15.3 Å². The Morgan fingerprint density at radius 3 is 2.59 bits per heavy atom. The van der Waals surface area contributed by atoms with Crippen molar-refractivity contribution in [3.05, 3.63) is 23.9 Å². The first-order chi connectivity index (χ1) is 10.7. The van der Waals surface area contributed by atoms with Crippen LogP contribution in [-0.4, -0.2) is 41.7 Å². The lowest BCUT2D eigenvalue weighted by Crippen LogP contribution is -2.35. The number of carbonyl (C=O) groups excluding carboxylic acids is 1. The number of nitrogens with one attached hydrogen (secondary N) is 1. The Morgan fingerprint density at radius 1 is 1.36 bits per heavy atom. The van der Waals surface area contributed by atoms with Gasteiger partial charge in [0.2, 0.25) is 0 Å². The first-order valence-electron chi connectivity index (χ1n) is 8.33. The van der Waals surface area contributed by atoms with Crippen LogP contribution in [0.3, 0.4) is 0 Å². The van der Waals surface area contributed by atoms with Gasteiger partial charge in [0, 0.05) is 25.8 Å². The Labute approximate surface area is 132 Å². The smallest absolute Gasteiger partial charge is 0.252 e. The molecule has 122 valence electrons. The molecular weight excluding hydrogens is 278 g/mol. The number of nitrogens with zero attached hydrogens (tertiary/aromatic N) is 2. The van der Waals surface area contributed by atoms with Crippen molar-refractivity contribution in [1.82, 2.24) is 10.3 Å². The molecule has 0 aromatic carbocycles. The maximum absolute atomic E-state index is 12.1. The van der Waals surface area contributed by atoms with Gasteiger partial charge in [-0.1, -0.05) is 12.8 Å². The van der Waals surface area contributed by atoms with E-state index in [2.05, 4.69) is 29.0 Å². The van der Waals surface area contributed by atoms with E-state index in [4.69, 9.17) is 0 Å². The highest BCUT2D eigenvalue weighted by molar-refractivity contribution is 5.94. The fourth-order valence-corrected chi connectivity index (χ4v) is 3.06. The quantitative estimate of drug-likeness (QED) is 0.810. The molecule has 2 rings (SSSR count). The molecule has 1 aromatic rings. The molecule has 1 unspecified atom stereocenters. The summed E-state index contributed by atoms with van der Waals surface area (Å²) in [5.74, 6) is 1.05. The average molecular weight is 305 g/mol. The predicted octanol–water partition coefficient (Wildman–Crippen LogP) is 2.21. The van der Waals surface area contributed by atoms with Gasteiger partial charge >= 0.3 is 0 Å². The topological polar surface area (TPSA) is 65.5 Å². The lowest BCUT2D eigenvalue weighted by molar-refractivity contribution is 0.0840. The average Bonchev–Trinajstić information content (AvgIpc) is 3.08. The van der Waals surface area contributed by atoms with Crippen LogP contribution in [0.15, 0.2) is 18.3 Å². The predicted molar refractivity (Wildman–Crippen MR) is 88.1 cm³/mol. The molecule has 5 heteroatoms. The molecular formula is C17H27N3O2. The van der Waals surface area contributed by atoms with Gasteiger partial charge in [-0.2, -0.15) is 0 Å². The summed E-state index contributed by atoms with van der Waals surface area (Å²) in [6.07, 6.45) is 5.67. The maximum Gasteiger partial charge on any atom is 0.252 e. The summed E-state index contributed by atoms with van der Waals surface area (Å²) in [6.45, 7) is 6.26. The monoisotopic (exact) mass is 305 g/mol. The van der Waals surface area contributed by atoms with E-state index in [1.165, 1.54) is 12.8 Å². The van der Waals surface area contributed by atoms with E-state index in [1.807, 2.05) is 6.07 Å². The van der Waals surface area contributed by atoms with Crippen LogP contribution in [0.4, 0.5) is 5.82 Å². The van der Waals surface area contributed by atoms with E-state index >= 15 is 0 Å². The summed E-state index contributed by atoms with van der Waals surface area (Å²) in [5, 5.41) is 12.9. The molecule has 5 nitrogen and oxygen atoms in total. The number of amides is 1. The van der Waals surface area contributed by atoms with Crippen molar-refractivity contribution in [2.24, 2.45) is 5.92 Å². The van der Waals surface area contributed by atoms with E-state index in [0.717, 1.165) is 31.7 Å². The number of pyridine rings is 1. The first-order valence-corrected chi connectivity index (χ1v) is 8.33. The van der Waals surface area contributed by atoms with E-state index < -0.39 is 6.10 Å². The lowest BCUT2D eigenvalue weighted by atomic mass is 10.0. The van der Waals surface area contributed by atoms with Gasteiger partial charge in [0.15, 0.2) is 0 Å². The third-order valence-electron chi connectivity index (χ3n) is 4.51. The van der Waals surface area contributed by atoms with E-state index in [1.54, 1.807) is 12.3 Å². The summed E-state index contributed by atoms with van der Waals surface area (Å²) in [4.78, 5) is 18.6. The molecule has 1 atom stereocenters. The summed E-state index contributed by atoms with van der Waals surface area (Å²) in [5.41, 5.74) is 0.537. The Bertz CT molecular complexity index is 465. The van der Waals surface area contributed by atoms with Crippen molar-refractivity contribution in [3.8, 4) is 0 Å². The van der Waals surface area contributed by atoms with Gasteiger partial charge in [0.1, 0.15) is 5.82 Å². The van der Waals surface area contributed by atoms with Crippen LogP contribution in [0.1, 0.15) is 49.9 Å². The second-order valence-corrected chi connectivity index (χ2v) is 5.90. The Morgan fingerprint density at radius 2 is 2.05 bits per heavy atom. The number of rotatable bonds is 7. The number of carbonyl (C=O) groups is 1. The van der Waals surface area contributed by atoms with Crippen LogP contribution in [0.2, 0.25) is 0 Å². The molecule has 0 spiro atoms. The molecule has 0 bridgehead atoms. The zero-order valence-electron chi connectivity index (χ0n) is 13.6. The zero-order chi connectivity index (χ0) is 15.9. The largest absolute Gasteiger partial charge is 0.391 e. The highest BCUT2D eigenvalue weighted by atomic mass is 16.3. The van der Waals surface area contributed by atoms with Crippen molar-refractivity contribution in [1.29, 1.82) is 0 Å². The van der Waals surface area contributed by atoms with Crippen LogP contribution < -0.4 is 10.2 Å². The SMILES string of the molecule is CCN(CC)c1ccc(C(=O)NCC(O)C2CCCC2)cn1. The van der Waals surface area contributed by atoms with E-state index in [0.29, 0.717) is 18.0 Å². The molecule has 0 radical (unpaired) electrons. The maximum atomic E-state index is 12.1. The number of aromatic nitrogens is 1. The minimum absolute atomic E-state index is 0.171. The van der Waals surface area contributed by atoms with E-state index in [-0.39, 0.29) is 5.91 Å². The molecule has 1 saturated carbocycles. The minimum Gasteiger partial charge on any atom is -0.391 e. The molecule has 1 fully saturated rings. The van der Waals surface area contributed by atoms with Crippen molar-refractivity contribution in [2.45, 2.75) is 45.6 Å². The van der Waals surface area contributed by atoms with Gasteiger partial charge in [-0.3, -0.25) is 4.79 Å². The summed E-state index contributed by atoms with van der Waals surface area (Å²) >= 11 is 0. The molecule has 1 aliphatic rings. The van der Waals surface area contributed by atoms with Gasteiger partial charge in [-0.25, -0.2) is 4.98 Å². The second kappa shape index (κ2) is 8.13. The first kappa shape index (κ1) is 16.7. The highest BCUT2D eigenvalue weighted by Crippen LogP contribution is 2.27. The van der Waals surface area contributed by atoms with Gasteiger partial charge in [-0.05, 0) is 44.7 Å². The standard InChI is InChI=1S/C17H27N3O2/c1-3-20(4-2)16-10-9-14(11-18-16)17(22)19-12-15(21)13-7-5-6-8-13/h9-11,13,15,21H,3-8,12H2,1-2H3,(H,19,22). The van der Waals surface area contributed by atoms with Crippen LogP contribution in [0.25, 0.3) is 0 Å². The Kier molecular flexibility index (Phi) is 6.19. The van der Waals surface area contributed by atoms with Crippen molar-refractivity contribution in [2.75, 3.05) is 24.5 Å². The number of aliphatic hydroxyl groups excluding tert-OH is 1. The number of hydrogen-bond acceptors (Lipinski definition) is 4. The number of hydrogen-bond donors (Lipinski definition) is 2. The van der Waals surface area contributed by atoms with Crippen molar-refractivity contribution < 1.29 is 9.90 Å². The zero-order valence-corrected chi connectivity index (χ0v) is 13.6. The van der Waals surface area contributed by atoms with Gasteiger partial charge in [0.25, 0.3) is 5.91 Å². The molecule has 2 N–H and O–H groups in total. The normalized spacial score (nSPS) is 16.5. The fraction of sp³-hybridized carbons (Fsp3) is 0.647. The molecule has 0 saturated heterocycles. The van der Waals surface area contributed by atoms with Crippen LogP contribution >= 0.6 is 0 Å². The molecule has 22 heavy (non-hydrogen) atoms. The summed E-state index contributed by atoms with van der Waals surface area (Å²) in [7, 11) is 0. The number of anilines is 1. The Hall–Kier alpha value is -1.62. The fourth-order valence-electron chi connectivity index (χ4n) is 3.06. The van der Waals surface area contributed by atoms with Crippen LogP contribution in [0.5, 0.6) is 0 Å². The molecule has 1 aromatic heterocycles. The van der Waals surface area contributed by atoms with Crippen molar-refractivity contribution in [3.63, 3.8) is 0 Å². The van der Waals surface area contributed by atoms with Crippen LogP contribution in [0, 0.1) is 5.92 Å². The second-order valence-electron chi connectivity index (χ2n) is 5.90. The van der Waals surface area contributed by atoms with E-state index in [9.17, 15) is 9.90 Å². The van der Waals surface area contributed by atoms with Gasteiger partial charge in [-0.15, -0.1) is 0 Å². The summed E-state index contributed by atoms with van der Waals surface area (Å²) < 4.78 is 0. The number of aliphatic hydroxyl groups is 1. The van der Waals surface area contributed by atoms with Crippen LogP contribution in [-0.2, 0) is 0 Å². The van der Waals surface area contributed by atoms with Crippen molar-refractivity contribution >= 4 is 11.7 Å². The molecule has 1 aliphatic carbocycles. The minimum atomic E-state index is -0.436. The highest BCUT2D eigenvalue weighted by Gasteiger charge is 2.23. The lowest BCUT2D eigenvalue weighted by Gasteiger charge is -2.20. The molecule has 0 aliphatic heterocycles. The third-order valence-corrected chi connectivity index (χ3v) is 4.51. The Balaban J connectivity index is 1.86.